The van der Waals surface area contributed by atoms with Crippen LogP contribution in [-0.4, -0.2) is 27.8 Å². The highest BCUT2D eigenvalue weighted by Crippen LogP contribution is 2.31. The second-order valence-corrected chi connectivity index (χ2v) is 7.03. The highest BCUT2D eigenvalue weighted by Gasteiger charge is 2.27. The molecular weight excluding hydrogens is 362 g/mol. The van der Waals surface area contributed by atoms with Crippen molar-refractivity contribution >= 4 is 44.7 Å². The van der Waals surface area contributed by atoms with Gasteiger partial charge in [0.05, 0.1) is 21.2 Å². The number of para-hydroxylation sites is 1. The van der Waals surface area contributed by atoms with Crippen LogP contribution in [0.2, 0.25) is 5.02 Å². The molecule has 6 nitrogen and oxygen atoms in total. The number of rotatable bonds is 4. The SMILES string of the molecule is C[C@H](c1nc2ccccc2s1)N(C)C(=O)c1cc(Cl)ccc1[N+](=O)[O-]. The van der Waals surface area contributed by atoms with E-state index in [-0.39, 0.29) is 22.3 Å². The van der Waals surface area contributed by atoms with Crippen LogP contribution in [0.15, 0.2) is 42.5 Å². The molecule has 0 N–H and O–H groups in total. The van der Waals surface area contributed by atoms with Crippen molar-refractivity contribution in [3.05, 3.63) is 68.2 Å². The molecule has 0 spiro atoms. The van der Waals surface area contributed by atoms with Crippen LogP contribution in [0.3, 0.4) is 0 Å². The van der Waals surface area contributed by atoms with Crippen LogP contribution in [0.5, 0.6) is 0 Å². The second kappa shape index (κ2) is 6.78. The minimum Gasteiger partial charge on any atom is -0.332 e. The third-order valence-electron chi connectivity index (χ3n) is 3.95. The number of aromatic nitrogens is 1. The molecular formula is C17H14ClN3O3S. The number of benzene rings is 2. The summed E-state index contributed by atoms with van der Waals surface area (Å²) in [5.74, 6) is -0.471. The van der Waals surface area contributed by atoms with E-state index in [0.29, 0.717) is 0 Å². The first-order valence-corrected chi connectivity index (χ1v) is 8.64. The van der Waals surface area contributed by atoms with Crippen LogP contribution >= 0.6 is 22.9 Å². The van der Waals surface area contributed by atoms with Gasteiger partial charge in [-0.05, 0) is 31.2 Å². The molecule has 1 amide bonds. The lowest BCUT2D eigenvalue weighted by atomic mass is 10.1. The van der Waals surface area contributed by atoms with Gasteiger partial charge in [0.15, 0.2) is 0 Å². The van der Waals surface area contributed by atoms with Gasteiger partial charge in [-0.15, -0.1) is 11.3 Å². The minimum atomic E-state index is -0.584. The van der Waals surface area contributed by atoms with E-state index >= 15 is 0 Å². The fraction of sp³-hybridized carbons (Fsp3) is 0.176. The Labute approximate surface area is 152 Å². The summed E-state index contributed by atoms with van der Waals surface area (Å²) in [6.07, 6.45) is 0. The molecule has 25 heavy (non-hydrogen) atoms. The molecule has 1 aromatic heterocycles. The number of hydrogen-bond acceptors (Lipinski definition) is 5. The van der Waals surface area contributed by atoms with E-state index in [1.54, 1.807) is 7.05 Å². The summed E-state index contributed by atoms with van der Waals surface area (Å²) in [7, 11) is 1.60. The Morgan fingerprint density at radius 2 is 2.04 bits per heavy atom. The summed E-state index contributed by atoms with van der Waals surface area (Å²) in [6.45, 7) is 1.84. The fourth-order valence-corrected chi connectivity index (χ4v) is 3.67. The number of hydrogen-bond donors (Lipinski definition) is 0. The van der Waals surface area contributed by atoms with Crippen LogP contribution in [0, 0.1) is 10.1 Å². The van der Waals surface area contributed by atoms with Gasteiger partial charge in [0, 0.05) is 18.1 Å². The highest BCUT2D eigenvalue weighted by atomic mass is 35.5. The van der Waals surface area contributed by atoms with E-state index in [2.05, 4.69) is 4.98 Å². The van der Waals surface area contributed by atoms with Gasteiger partial charge in [-0.25, -0.2) is 4.98 Å². The van der Waals surface area contributed by atoms with Gasteiger partial charge in [0.25, 0.3) is 11.6 Å². The lowest BCUT2D eigenvalue weighted by Gasteiger charge is -2.23. The summed E-state index contributed by atoms with van der Waals surface area (Å²) in [5.41, 5.74) is 0.564. The molecule has 0 aliphatic rings. The highest BCUT2D eigenvalue weighted by molar-refractivity contribution is 7.18. The first kappa shape index (κ1) is 17.3. The smallest absolute Gasteiger partial charge is 0.282 e. The van der Waals surface area contributed by atoms with E-state index in [1.165, 1.54) is 34.4 Å². The van der Waals surface area contributed by atoms with E-state index < -0.39 is 10.8 Å². The number of amides is 1. The molecule has 0 saturated carbocycles. The van der Waals surface area contributed by atoms with E-state index in [9.17, 15) is 14.9 Å². The third-order valence-corrected chi connectivity index (χ3v) is 5.40. The first-order valence-electron chi connectivity index (χ1n) is 7.45. The number of thiazole rings is 1. The van der Waals surface area contributed by atoms with Crippen LogP contribution < -0.4 is 0 Å². The topological polar surface area (TPSA) is 76.3 Å². The number of halogens is 1. The van der Waals surface area contributed by atoms with Gasteiger partial charge in [0.1, 0.15) is 10.6 Å². The van der Waals surface area contributed by atoms with Crippen LogP contribution in [0.4, 0.5) is 5.69 Å². The van der Waals surface area contributed by atoms with Gasteiger partial charge in [0.2, 0.25) is 0 Å². The maximum atomic E-state index is 12.8. The molecule has 0 aliphatic heterocycles. The maximum absolute atomic E-state index is 12.8. The molecule has 3 rings (SSSR count). The molecule has 3 aromatic rings. The van der Waals surface area contributed by atoms with Crippen molar-refractivity contribution in [2.45, 2.75) is 13.0 Å². The molecule has 2 aromatic carbocycles. The van der Waals surface area contributed by atoms with Gasteiger partial charge < -0.3 is 4.90 Å². The normalized spacial score (nSPS) is 12.1. The fourth-order valence-electron chi connectivity index (χ4n) is 2.44. The van der Waals surface area contributed by atoms with Crippen molar-refractivity contribution in [2.75, 3.05) is 7.05 Å². The molecule has 1 atom stereocenters. The number of carbonyl (C=O) groups excluding carboxylic acids is 1. The second-order valence-electron chi connectivity index (χ2n) is 5.53. The van der Waals surface area contributed by atoms with Crippen molar-refractivity contribution in [1.82, 2.24) is 9.88 Å². The van der Waals surface area contributed by atoms with Crippen LogP contribution in [-0.2, 0) is 0 Å². The average Bonchev–Trinajstić information content (AvgIpc) is 3.03. The molecule has 8 heteroatoms. The van der Waals surface area contributed by atoms with E-state index in [1.807, 2.05) is 31.2 Å². The minimum absolute atomic E-state index is 0.0343. The van der Waals surface area contributed by atoms with Crippen molar-refractivity contribution in [3.63, 3.8) is 0 Å². The summed E-state index contributed by atoms with van der Waals surface area (Å²) in [4.78, 5) is 29.4. The van der Waals surface area contributed by atoms with E-state index in [0.717, 1.165) is 15.2 Å². The number of fused-ring (bicyclic) bond motifs is 1. The summed E-state index contributed by atoms with van der Waals surface area (Å²) in [6, 6.07) is 11.3. The Bertz CT molecular complexity index is 940. The van der Waals surface area contributed by atoms with Crippen molar-refractivity contribution in [1.29, 1.82) is 0 Å². The molecule has 0 radical (unpaired) electrons. The molecule has 0 fully saturated rings. The number of nitro groups is 1. The van der Waals surface area contributed by atoms with Crippen molar-refractivity contribution in [3.8, 4) is 0 Å². The molecule has 0 bridgehead atoms. The lowest BCUT2D eigenvalue weighted by molar-refractivity contribution is -0.385. The average molecular weight is 376 g/mol. The molecule has 1 heterocycles. The Balaban J connectivity index is 1.94. The summed E-state index contributed by atoms with van der Waals surface area (Å²) in [5, 5.41) is 12.2. The Morgan fingerprint density at radius 1 is 1.32 bits per heavy atom. The number of carbonyl (C=O) groups is 1. The molecule has 0 aliphatic carbocycles. The van der Waals surface area contributed by atoms with Gasteiger partial charge >= 0.3 is 0 Å². The number of nitrogens with zero attached hydrogens (tertiary/aromatic N) is 3. The van der Waals surface area contributed by atoms with Crippen molar-refractivity contribution in [2.24, 2.45) is 0 Å². The largest absolute Gasteiger partial charge is 0.332 e. The van der Waals surface area contributed by atoms with Gasteiger partial charge in [-0.3, -0.25) is 14.9 Å². The van der Waals surface area contributed by atoms with Crippen LogP contribution in [0.1, 0.15) is 28.3 Å². The van der Waals surface area contributed by atoms with Gasteiger partial charge in [-0.1, -0.05) is 23.7 Å². The first-order chi connectivity index (χ1) is 11.9. The lowest BCUT2D eigenvalue weighted by Crippen LogP contribution is -2.30. The quantitative estimate of drug-likeness (QED) is 0.489. The zero-order valence-electron chi connectivity index (χ0n) is 13.5. The maximum Gasteiger partial charge on any atom is 0.282 e. The zero-order chi connectivity index (χ0) is 18.1. The van der Waals surface area contributed by atoms with Crippen LogP contribution in [0.25, 0.3) is 10.2 Å². The van der Waals surface area contributed by atoms with Gasteiger partial charge in [-0.2, -0.15) is 0 Å². The summed E-state index contributed by atoms with van der Waals surface area (Å²) < 4.78 is 1.03. The monoisotopic (exact) mass is 375 g/mol. The summed E-state index contributed by atoms with van der Waals surface area (Å²) >= 11 is 7.41. The number of nitro benzene ring substituents is 1. The Hall–Kier alpha value is -2.51. The predicted octanol–water partition coefficient (Wildman–Crippen LogP) is 4.69. The third kappa shape index (κ3) is 3.33. The molecule has 128 valence electrons. The molecule has 0 unspecified atom stereocenters. The molecule has 0 saturated heterocycles. The predicted molar refractivity (Wildman–Crippen MR) is 98.2 cm³/mol. The van der Waals surface area contributed by atoms with E-state index in [4.69, 9.17) is 11.6 Å². The van der Waals surface area contributed by atoms with Crippen molar-refractivity contribution < 1.29 is 9.72 Å². The Kier molecular flexibility index (Phi) is 4.69. The zero-order valence-corrected chi connectivity index (χ0v) is 15.0. The standard InChI is InChI=1S/C17H14ClN3O3S/c1-10(16-19-13-5-3-4-6-15(13)25-16)20(2)17(22)12-9-11(18)7-8-14(12)21(23)24/h3-10H,1-2H3/t10-/m1/s1. The Morgan fingerprint density at radius 3 is 2.72 bits per heavy atom.